The summed E-state index contributed by atoms with van der Waals surface area (Å²) in [5.74, 6) is -3.98. The Morgan fingerprint density at radius 3 is 2.40 bits per heavy atom. The quantitative estimate of drug-likeness (QED) is 0.801. The molecule has 0 spiro atoms. The van der Waals surface area contributed by atoms with Crippen LogP contribution in [0, 0.1) is 17.5 Å². The molecule has 0 fully saturated rings. The molecule has 0 heterocycles. The molecule has 0 aliphatic carbocycles. The molecule has 0 amide bonds. The zero-order valence-electron chi connectivity index (χ0n) is 8.06. The molecule has 1 aromatic rings. The number of methoxy groups -OCH3 is 1. The van der Waals surface area contributed by atoms with E-state index >= 15 is 0 Å². The van der Waals surface area contributed by atoms with Crippen LogP contribution >= 0.6 is 0 Å². The second kappa shape index (κ2) is 4.50. The van der Waals surface area contributed by atoms with Crippen LogP contribution in [0.25, 0.3) is 0 Å². The summed E-state index contributed by atoms with van der Waals surface area (Å²) in [4.78, 5) is 0. The van der Waals surface area contributed by atoms with Gasteiger partial charge in [0.15, 0.2) is 17.4 Å². The molecule has 15 heavy (non-hydrogen) atoms. The van der Waals surface area contributed by atoms with E-state index in [0.717, 1.165) is 7.11 Å². The van der Waals surface area contributed by atoms with Crippen LogP contribution < -0.4 is 16.2 Å². The van der Waals surface area contributed by atoms with E-state index in [4.69, 9.17) is 11.5 Å². The topological polar surface area (TPSA) is 61.3 Å². The lowest BCUT2D eigenvalue weighted by molar-refractivity contribution is 0.350. The van der Waals surface area contributed by atoms with Crippen molar-refractivity contribution >= 4 is 0 Å². The molecule has 0 radical (unpaired) electrons. The van der Waals surface area contributed by atoms with Gasteiger partial charge in [0.2, 0.25) is 0 Å². The molecule has 4 N–H and O–H groups in total. The predicted octanol–water partition coefficient (Wildman–Crippen LogP) is 1.07. The van der Waals surface area contributed by atoms with Crippen molar-refractivity contribution in [1.82, 2.24) is 0 Å². The Kier molecular flexibility index (Phi) is 3.54. The summed E-state index contributed by atoms with van der Waals surface area (Å²) in [6.07, 6.45) is 0. The lowest BCUT2D eigenvalue weighted by atomic mass is 10.1. The van der Waals surface area contributed by atoms with Gasteiger partial charge in [0.05, 0.1) is 7.11 Å². The average molecular weight is 220 g/mol. The Bertz CT molecular complexity index is 371. The molecule has 0 saturated heterocycles. The Morgan fingerprint density at radius 1 is 1.33 bits per heavy atom. The van der Waals surface area contributed by atoms with Gasteiger partial charge in [0.1, 0.15) is 5.82 Å². The number of nitrogens with two attached hydrogens (primary N) is 2. The summed E-state index contributed by atoms with van der Waals surface area (Å²) in [5, 5.41) is 0. The monoisotopic (exact) mass is 220 g/mol. The van der Waals surface area contributed by atoms with Gasteiger partial charge in [-0.05, 0) is 0 Å². The molecule has 1 rings (SSSR count). The highest BCUT2D eigenvalue weighted by molar-refractivity contribution is 5.35. The summed E-state index contributed by atoms with van der Waals surface area (Å²) in [6, 6.07) is -0.508. The van der Waals surface area contributed by atoms with Gasteiger partial charge in [-0.25, -0.2) is 13.2 Å². The van der Waals surface area contributed by atoms with Crippen LogP contribution in [-0.4, -0.2) is 13.7 Å². The SMILES string of the molecule is COc1c(F)cc(F)c(C(N)CN)c1F. The minimum absolute atomic E-state index is 0.150. The molecule has 3 nitrogen and oxygen atoms in total. The van der Waals surface area contributed by atoms with Crippen LogP contribution in [0.1, 0.15) is 11.6 Å². The maximum Gasteiger partial charge on any atom is 0.190 e. The third kappa shape index (κ3) is 2.05. The van der Waals surface area contributed by atoms with Crippen molar-refractivity contribution in [2.45, 2.75) is 6.04 Å². The van der Waals surface area contributed by atoms with Crippen LogP contribution in [-0.2, 0) is 0 Å². The van der Waals surface area contributed by atoms with Crippen molar-refractivity contribution < 1.29 is 17.9 Å². The van der Waals surface area contributed by atoms with Crippen LogP contribution in [0.15, 0.2) is 6.07 Å². The molecular weight excluding hydrogens is 209 g/mol. The zero-order chi connectivity index (χ0) is 11.6. The lowest BCUT2D eigenvalue weighted by Crippen LogP contribution is -2.23. The van der Waals surface area contributed by atoms with Gasteiger partial charge >= 0.3 is 0 Å². The Balaban J connectivity index is 3.38. The largest absolute Gasteiger partial charge is 0.491 e. The fourth-order valence-corrected chi connectivity index (χ4v) is 1.23. The highest BCUT2D eigenvalue weighted by atomic mass is 19.1. The minimum atomic E-state index is -1.15. The molecule has 0 saturated carbocycles. The first-order chi connectivity index (χ1) is 7.02. The molecule has 0 aliphatic heterocycles. The smallest absolute Gasteiger partial charge is 0.190 e. The fraction of sp³-hybridized carbons (Fsp3) is 0.333. The number of hydrogen-bond donors (Lipinski definition) is 2. The molecule has 6 heteroatoms. The van der Waals surface area contributed by atoms with Gasteiger partial charge in [0.25, 0.3) is 0 Å². The first-order valence-electron chi connectivity index (χ1n) is 4.20. The fourth-order valence-electron chi connectivity index (χ4n) is 1.23. The van der Waals surface area contributed by atoms with E-state index in [2.05, 4.69) is 4.74 Å². The van der Waals surface area contributed by atoms with Crippen LogP contribution in [0.5, 0.6) is 5.75 Å². The molecule has 84 valence electrons. The molecule has 0 bridgehead atoms. The molecular formula is C9H11F3N2O. The van der Waals surface area contributed by atoms with Gasteiger partial charge in [0, 0.05) is 24.2 Å². The summed E-state index contributed by atoms with van der Waals surface area (Å²) in [5.41, 5.74) is 10.1. The van der Waals surface area contributed by atoms with Crippen LogP contribution in [0.2, 0.25) is 0 Å². The summed E-state index contributed by atoms with van der Waals surface area (Å²) in [7, 11) is 1.08. The van der Waals surface area contributed by atoms with Gasteiger partial charge < -0.3 is 16.2 Å². The van der Waals surface area contributed by atoms with Gasteiger partial charge in [-0.3, -0.25) is 0 Å². The first-order valence-corrected chi connectivity index (χ1v) is 4.20. The van der Waals surface area contributed by atoms with Crippen molar-refractivity contribution in [2.75, 3.05) is 13.7 Å². The summed E-state index contributed by atoms with van der Waals surface area (Å²) in [6.45, 7) is -0.150. The standard InChI is InChI=1S/C9H11F3N2O/c1-15-9-5(11)2-4(10)7(8(9)12)6(14)3-13/h2,6H,3,13-14H2,1H3. The first kappa shape index (κ1) is 11.8. The van der Waals surface area contributed by atoms with Crippen molar-refractivity contribution in [3.05, 3.63) is 29.1 Å². The van der Waals surface area contributed by atoms with Gasteiger partial charge in [-0.15, -0.1) is 0 Å². The third-order valence-corrected chi connectivity index (χ3v) is 1.99. The number of rotatable bonds is 3. The highest BCUT2D eigenvalue weighted by Gasteiger charge is 2.23. The van der Waals surface area contributed by atoms with E-state index in [1.54, 1.807) is 0 Å². The number of halogens is 3. The molecule has 0 aromatic heterocycles. The molecule has 1 unspecified atom stereocenters. The summed E-state index contributed by atoms with van der Waals surface area (Å²) >= 11 is 0. The van der Waals surface area contributed by atoms with Gasteiger partial charge in [-0.2, -0.15) is 0 Å². The van der Waals surface area contributed by atoms with E-state index in [1.807, 2.05) is 0 Å². The van der Waals surface area contributed by atoms with E-state index in [0.29, 0.717) is 6.07 Å². The van der Waals surface area contributed by atoms with Crippen molar-refractivity contribution in [2.24, 2.45) is 11.5 Å². The third-order valence-electron chi connectivity index (χ3n) is 1.99. The molecule has 1 atom stereocenters. The normalized spacial score (nSPS) is 12.7. The van der Waals surface area contributed by atoms with Gasteiger partial charge in [-0.1, -0.05) is 0 Å². The Hall–Kier alpha value is -1.27. The second-order valence-corrected chi connectivity index (χ2v) is 2.94. The average Bonchev–Trinajstić information content (AvgIpc) is 2.17. The van der Waals surface area contributed by atoms with E-state index in [-0.39, 0.29) is 6.54 Å². The van der Waals surface area contributed by atoms with Crippen molar-refractivity contribution in [1.29, 1.82) is 0 Å². The lowest BCUT2D eigenvalue weighted by Gasteiger charge is -2.14. The minimum Gasteiger partial charge on any atom is -0.491 e. The Morgan fingerprint density at radius 2 is 1.93 bits per heavy atom. The summed E-state index contributed by atoms with van der Waals surface area (Å²) < 4.78 is 44.1. The van der Waals surface area contributed by atoms with Crippen LogP contribution in [0.3, 0.4) is 0 Å². The van der Waals surface area contributed by atoms with E-state index in [1.165, 1.54) is 0 Å². The zero-order valence-corrected chi connectivity index (χ0v) is 8.06. The number of benzene rings is 1. The maximum atomic E-state index is 13.5. The van der Waals surface area contributed by atoms with E-state index in [9.17, 15) is 13.2 Å². The van der Waals surface area contributed by atoms with Crippen molar-refractivity contribution in [3.63, 3.8) is 0 Å². The maximum absolute atomic E-state index is 13.5. The number of hydrogen-bond acceptors (Lipinski definition) is 3. The number of ether oxygens (including phenoxy) is 1. The molecule has 0 aliphatic rings. The predicted molar refractivity (Wildman–Crippen MR) is 48.9 cm³/mol. The molecule has 1 aromatic carbocycles. The van der Waals surface area contributed by atoms with E-state index < -0.39 is 34.8 Å². The Labute approximate surface area is 84.8 Å². The van der Waals surface area contributed by atoms with Crippen LogP contribution in [0.4, 0.5) is 13.2 Å². The van der Waals surface area contributed by atoms with Crippen molar-refractivity contribution in [3.8, 4) is 5.75 Å². The second-order valence-electron chi connectivity index (χ2n) is 2.94. The highest BCUT2D eigenvalue weighted by Crippen LogP contribution is 2.29.